The first kappa shape index (κ1) is 15.4. The number of halogens is 2. The molecule has 0 aliphatic carbocycles. The van der Waals surface area contributed by atoms with Gasteiger partial charge in [-0.05, 0) is 26.0 Å². The average molecular weight is 273 g/mol. The Morgan fingerprint density at radius 2 is 2.11 bits per heavy atom. The molecule has 1 rings (SSSR count). The van der Waals surface area contributed by atoms with Crippen molar-refractivity contribution in [2.24, 2.45) is 0 Å². The van der Waals surface area contributed by atoms with Gasteiger partial charge in [0.05, 0.1) is 0 Å². The molecule has 4 nitrogen and oxygen atoms in total. The second-order valence-electron chi connectivity index (χ2n) is 4.23. The molecule has 0 amide bonds. The second kappa shape index (κ2) is 6.47. The van der Waals surface area contributed by atoms with Crippen LogP contribution in [0.2, 0.25) is 0 Å². The molecule has 106 valence electrons. The Kier molecular flexibility index (Phi) is 5.23. The fourth-order valence-electron chi connectivity index (χ4n) is 1.74. The third-order valence-electron chi connectivity index (χ3n) is 2.80. The molecule has 0 aliphatic rings. The Hall–Kier alpha value is -1.69. The summed E-state index contributed by atoms with van der Waals surface area (Å²) in [6.07, 6.45) is 0.723. The van der Waals surface area contributed by atoms with Gasteiger partial charge in [0.15, 0.2) is 0 Å². The average Bonchev–Trinajstić information content (AvgIpc) is 2.35. The van der Waals surface area contributed by atoms with Crippen LogP contribution in [0.4, 0.5) is 8.78 Å². The first-order chi connectivity index (χ1) is 8.91. The van der Waals surface area contributed by atoms with E-state index in [-0.39, 0.29) is 11.3 Å². The number of rotatable bonds is 7. The van der Waals surface area contributed by atoms with Crippen molar-refractivity contribution in [3.63, 3.8) is 0 Å². The number of carboxylic acids is 1. The lowest BCUT2D eigenvalue weighted by Crippen LogP contribution is -2.47. The highest BCUT2D eigenvalue weighted by Gasteiger charge is 2.37. The summed E-state index contributed by atoms with van der Waals surface area (Å²) in [4.78, 5) is 11.5. The predicted octanol–water partition coefficient (Wildman–Crippen LogP) is 2.59. The molecule has 1 aromatic rings. The molecule has 0 aliphatic heterocycles. The first-order valence-electron chi connectivity index (χ1n) is 5.94. The maximum absolute atomic E-state index is 12.4. The van der Waals surface area contributed by atoms with Crippen LogP contribution < -0.4 is 10.1 Å². The lowest BCUT2D eigenvalue weighted by molar-refractivity contribution is -0.144. The summed E-state index contributed by atoms with van der Waals surface area (Å²) >= 11 is 0. The van der Waals surface area contributed by atoms with E-state index in [1.165, 1.54) is 25.1 Å². The summed E-state index contributed by atoms with van der Waals surface area (Å²) in [5, 5.41) is 12.2. The summed E-state index contributed by atoms with van der Waals surface area (Å²) in [6, 6.07) is 5.90. The van der Waals surface area contributed by atoms with Crippen molar-refractivity contribution in [1.29, 1.82) is 0 Å². The lowest BCUT2D eigenvalue weighted by Gasteiger charge is -2.28. The largest absolute Gasteiger partial charge is 0.480 e. The van der Waals surface area contributed by atoms with Crippen molar-refractivity contribution < 1.29 is 23.4 Å². The Labute approximate surface area is 110 Å². The van der Waals surface area contributed by atoms with Crippen molar-refractivity contribution in [3.05, 3.63) is 29.8 Å². The van der Waals surface area contributed by atoms with Gasteiger partial charge in [0.1, 0.15) is 11.3 Å². The topological polar surface area (TPSA) is 58.6 Å². The molecular weight excluding hydrogens is 256 g/mol. The fourth-order valence-corrected chi connectivity index (χ4v) is 1.74. The van der Waals surface area contributed by atoms with E-state index in [9.17, 15) is 18.7 Å². The molecule has 0 radical (unpaired) electrons. The molecule has 0 aromatic heterocycles. The number of hydrogen-bond donors (Lipinski definition) is 2. The minimum Gasteiger partial charge on any atom is -0.480 e. The van der Waals surface area contributed by atoms with Crippen LogP contribution in [0.15, 0.2) is 24.3 Å². The number of carbonyl (C=O) groups is 1. The quantitative estimate of drug-likeness (QED) is 0.801. The van der Waals surface area contributed by atoms with Crippen LogP contribution in [-0.4, -0.2) is 24.2 Å². The molecule has 0 bridgehead atoms. The SMILES string of the molecule is CCCNC(C)(C(=O)O)c1ccccc1OC(F)F. The summed E-state index contributed by atoms with van der Waals surface area (Å²) in [5.74, 6) is -1.28. The third-order valence-corrected chi connectivity index (χ3v) is 2.80. The van der Waals surface area contributed by atoms with Gasteiger partial charge in [-0.3, -0.25) is 5.32 Å². The Morgan fingerprint density at radius 3 is 2.63 bits per heavy atom. The van der Waals surface area contributed by atoms with E-state index in [2.05, 4.69) is 10.1 Å². The molecule has 19 heavy (non-hydrogen) atoms. The zero-order valence-electron chi connectivity index (χ0n) is 10.8. The van der Waals surface area contributed by atoms with Crippen molar-refractivity contribution in [2.45, 2.75) is 32.4 Å². The second-order valence-corrected chi connectivity index (χ2v) is 4.23. The van der Waals surface area contributed by atoms with Crippen LogP contribution >= 0.6 is 0 Å². The van der Waals surface area contributed by atoms with Gasteiger partial charge in [0, 0.05) is 5.56 Å². The smallest absolute Gasteiger partial charge is 0.387 e. The normalized spacial score (nSPS) is 14.2. The van der Waals surface area contributed by atoms with Crippen LogP contribution in [0.3, 0.4) is 0 Å². The maximum Gasteiger partial charge on any atom is 0.387 e. The number of nitrogens with one attached hydrogen (secondary N) is 1. The molecule has 1 atom stereocenters. The maximum atomic E-state index is 12.4. The van der Waals surface area contributed by atoms with E-state index in [1.807, 2.05) is 6.92 Å². The molecule has 2 N–H and O–H groups in total. The third kappa shape index (κ3) is 3.64. The van der Waals surface area contributed by atoms with E-state index in [0.717, 1.165) is 6.42 Å². The minimum atomic E-state index is -3.00. The van der Waals surface area contributed by atoms with Gasteiger partial charge in [-0.25, -0.2) is 4.79 Å². The van der Waals surface area contributed by atoms with Gasteiger partial charge >= 0.3 is 12.6 Å². The minimum absolute atomic E-state index is 0.133. The number of benzene rings is 1. The van der Waals surface area contributed by atoms with E-state index in [4.69, 9.17) is 0 Å². The number of carboxylic acid groups (broad SMARTS) is 1. The number of aliphatic carboxylic acids is 1. The summed E-state index contributed by atoms with van der Waals surface area (Å²) < 4.78 is 29.1. The van der Waals surface area contributed by atoms with Crippen molar-refractivity contribution in [2.75, 3.05) is 6.54 Å². The van der Waals surface area contributed by atoms with Gasteiger partial charge in [-0.1, -0.05) is 25.1 Å². The highest BCUT2D eigenvalue weighted by atomic mass is 19.3. The molecule has 6 heteroatoms. The zero-order chi connectivity index (χ0) is 14.5. The van der Waals surface area contributed by atoms with Crippen LogP contribution in [0, 0.1) is 0 Å². The van der Waals surface area contributed by atoms with Crippen LogP contribution in [0.5, 0.6) is 5.75 Å². The molecule has 1 aromatic carbocycles. The van der Waals surface area contributed by atoms with Gasteiger partial charge in [-0.2, -0.15) is 8.78 Å². The summed E-state index contributed by atoms with van der Waals surface area (Å²) in [6.45, 7) is 0.770. The molecule has 0 saturated heterocycles. The Balaban J connectivity index is 3.18. The molecule has 0 fully saturated rings. The number of alkyl halides is 2. The monoisotopic (exact) mass is 273 g/mol. The fraction of sp³-hybridized carbons (Fsp3) is 0.462. The summed E-state index contributed by atoms with van der Waals surface area (Å²) in [5.41, 5.74) is -1.29. The highest BCUT2D eigenvalue weighted by Crippen LogP contribution is 2.31. The van der Waals surface area contributed by atoms with Crippen molar-refractivity contribution >= 4 is 5.97 Å². The van der Waals surface area contributed by atoms with Crippen LogP contribution in [0.1, 0.15) is 25.8 Å². The molecule has 0 heterocycles. The van der Waals surface area contributed by atoms with E-state index < -0.39 is 18.1 Å². The predicted molar refractivity (Wildman–Crippen MR) is 66.4 cm³/mol. The Morgan fingerprint density at radius 1 is 1.47 bits per heavy atom. The van der Waals surface area contributed by atoms with E-state index in [1.54, 1.807) is 6.07 Å². The number of para-hydroxylation sites is 1. The summed E-state index contributed by atoms with van der Waals surface area (Å²) in [7, 11) is 0. The Bertz CT molecular complexity index is 440. The van der Waals surface area contributed by atoms with Gasteiger partial charge in [-0.15, -0.1) is 0 Å². The van der Waals surface area contributed by atoms with Crippen molar-refractivity contribution in [1.82, 2.24) is 5.32 Å². The van der Waals surface area contributed by atoms with Crippen LogP contribution in [0.25, 0.3) is 0 Å². The van der Waals surface area contributed by atoms with Gasteiger partial charge in [0.2, 0.25) is 0 Å². The number of hydrogen-bond acceptors (Lipinski definition) is 3. The molecular formula is C13H17F2NO3. The van der Waals surface area contributed by atoms with Gasteiger partial charge < -0.3 is 9.84 Å². The lowest BCUT2D eigenvalue weighted by atomic mass is 9.91. The number of ether oxygens (including phenoxy) is 1. The van der Waals surface area contributed by atoms with E-state index in [0.29, 0.717) is 6.54 Å². The van der Waals surface area contributed by atoms with Gasteiger partial charge in [0.25, 0.3) is 0 Å². The molecule has 0 saturated carbocycles. The highest BCUT2D eigenvalue weighted by molar-refractivity contribution is 5.81. The zero-order valence-corrected chi connectivity index (χ0v) is 10.8. The molecule has 0 spiro atoms. The first-order valence-corrected chi connectivity index (χ1v) is 5.94. The standard InChI is InChI=1S/C13H17F2NO3/c1-3-8-16-13(2,11(17)18)9-6-4-5-7-10(9)19-12(14)15/h4-7,12,16H,3,8H2,1-2H3,(H,17,18). The molecule has 1 unspecified atom stereocenters. The van der Waals surface area contributed by atoms with Crippen molar-refractivity contribution in [3.8, 4) is 5.75 Å². The van der Waals surface area contributed by atoms with Crippen LogP contribution in [-0.2, 0) is 10.3 Å². The van der Waals surface area contributed by atoms with E-state index >= 15 is 0 Å².